The number of benzene rings is 3. The molecule has 4 aromatic rings. The summed E-state index contributed by atoms with van der Waals surface area (Å²) in [6.45, 7) is 0. The second kappa shape index (κ2) is 6.76. The second-order valence-corrected chi connectivity index (χ2v) is 6.42. The fourth-order valence-electron chi connectivity index (χ4n) is 2.81. The van der Waals surface area contributed by atoms with Gasteiger partial charge >= 0.3 is 6.36 Å². The number of hydrogen-bond acceptors (Lipinski definition) is 4. The van der Waals surface area contributed by atoms with Gasteiger partial charge in [0.2, 0.25) is 5.89 Å². The summed E-state index contributed by atoms with van der Waals surface area (Å²) in [5.41, 5.74) is 9.16. The van der Waals surface area contributed by atoms with Crippen LogP contribution in [0.4, 0.5) is 18.9 Å². The molecule has 0 spiro atoms. The van der Waals surface area contributed by atoms with Crippen LogP contribution in [0.5, 0.6) is 5.75 Å². The molecule has 28 heavy (non-hydrogen) atoms. The maximum absolute atomic E-state index is 12.4. The van der Waals surface area contributed by atoms with Gasteiger partial charge in [0.15, 0.2) is 5.58 Å². The molecule has 0 amide bonds. The lowest BCUT2D eigenvalue weighted by Gasteiger charge is -2.07. The van der Waals surface area contributed by atoms with Crippen LogP contribution in [0.3, 0.4) is 0 Å². The van der Waals surface area contributed by atoms with Crippen LogP contribution in [0, 0.1) is 0 Å². The number of nitrogens with two attached hydrogens (primary N) is 1. The molecule has 0 saturated carbocycles. The van der Waals surface area contributed by atoms with Crippen LogP contribution >= 0.6 is 11.6 Å². The Morgan fingerprint density at radius 2 is 1.75 bits per heavy atom. The summed E-state index contributed by atoms with van der Waals surface area (Å²) in [5, 5.41) is 0.503. The van der Waals surface area contributed by atoms with E-state index < -0.39 is 6.36 Å². The summed E-state index contributed by atoms with van der Waals surface area (Å²) in [6.07, 6.45) is -4.77. The van der Waals surface area contributed by atoms with Crippen molar-refractivity contribution in [2.24, 2.45) is 0 Å². The molecule has 142 valence electrons. The van der Waals surface area contributed by atoms with Crippen molar-refractivity contribution in [1.29, 1.82) is 0 Å². The van der Waals surface area contributed by atoms with Gasteiger partial charge in [-0.2, -0.15) is 0 Å². The average molecular weight is 405 g/mol. The number of alkyl halides is 3. The zero-order valence-corrected chi connectivity index (χ0v) is 14.9. The second-order valence-electron chi connectivity index (χ2n) is 6.02. The van der Waals surface area contributed by atoms with E-state index in [0.29, 0.717) is 21.9 Å². The summed E-state index contributed by atoms with van der Waals surface area (Å²) < 4.78 is 46.8. The predicted octanol–water partition coefficient (Wildman–Crippen LogP) is 6.30. The van der Waals surface area contributed by atoms with Gasteiger partial charge in [0, 0.05) is 22.9 Å². The molecule has 4 nitrogen and oxygen atoms in total. The Morgan fingerprint density at radius 1 is 0.964 bits per heavy atom. The maximum Gasteiger partial charge on any atom is 0.573 e. The Labute approximate surface area is 162 Å². The Morgan fingerprint density at radius 3 is 2.50 bits per heavy atom. The molecule has 0 saturated heterocycles. The molecule has 0 aliphatic rings. The number of oxazole rings is 1. The van der Waals surface area contributed by atoms with Crippen molar-refractivity contribution < 1.29 is 22.3 Å². The van der Waals surface area contributed by atoms with Crippen LogP contribution in [0.25, 0.3) is 33.7 Å². The van der Waals surface area contributed by atoms with Crippen LogP contribution in [0.15, 0.2) is 65.1 Å². The Kier molecular flexibility index (Phi) is 4.39. The van der Waals surface area contributed by atoms with E-state index in [-0.39, 0.29) is 17.2 Å². The summed E-state index contributed by atoms with van der Waals surface area (Å²) in [4.78, 5) is 4.28. The molecule has 8 heteroatoms. The van der Waals surface area contributed by atoms with E-state index in [1.165, 1.54) is 18.2 Å². The monoisotopic (exact) mass is 404 g/mol. The SMILES string of the molecule is Nc1ccc(-c2cccc(-c3nc4cc(OC(F)(F)F)ccc4o3)c2)c(Cl)c1. The molecule has 0 bridgehead atoms. The summed E-state index contributed by atoms with van der Waals surface area (Å²) in [7, 11) is 0. The lowest BCUT2D eigenvalue weighted by molar-refractivity contribution is -0.274. The third kappa shape index (κ3) is 3.75. The summed E-state index contributed by atoms with van der Waals surface area (Å²) in [5.74, 6) is -0.0881. The smallest absolute Gasteiger partial charge is 0.436 e. The number of halogens is 4. The van der Waals surface area contributed by atoms with E-state index >= 15 is 0 Å². The van der Waals surface area contributed by atoms with Crippen molar-refractivity contribution in [1.82, 2.24) is 4.98 Å². The highest BCUT2D eigenvalue weighted by molar-refractivity contribution is 6.33. The van der Waals surface area contributed by atoms with E-state index in [4.69, 9.17) is 21.8 Å². The van der Waals surface area contributed by atoms with E-state index in [1.54, 1.807) is 18.2 Å². The average Bonchev–Trinajstić information content (AvgIpc) is 3.04. The zero-order chi connectivity index (χ0) is 19.9. The molecular formula is C20H12ClF3N2O2. The van der Waals surface area contributed by atoms with Crippen LogP contribution in [-0.2, 0) is 0 Å². The molecule has 2 N–H and O–H groups in total. The number of aromatic nitrogens is 1. The lowest BCUT2D eigenvalue weighted by Crippen LogP contribution is -2.16. The molecule has 3 aromatic carbocycles. The van der Waals surface area contributed by atoms with Crippen LogP contribution in [0.2, 0.25) is 5.02 Å². The van der Waals surface area contributed by atoms with Gasteiger partial charge in [-0.05, 0) is 42.0 Å². The number of fused-ring (bicyclic) bond motifs is 1. The number of nitrogen functional groups attached to an aromatic ring is 1. The first-order chi connectivity index (χ1) is 13.3. The van der Waals surface area contributed by atoms with Gasteiger partial charge in [0.25, 0.3) is 0 Å². The minimum absolute atomic E-state index is 0.257. The molecule has 4 rings (SSSR count). The lowest BCUT2D eigenvalue weighted by atomic mass is 10.0. The number of anilines is 1. The van der Waals surface area contributed by atoms with Crippen molar-refractivity contribution in [3.8, 4) is 28.3 Å². The molecule has 0 unspecified atom stereocenters. The largest absolute Gasteiger partial charge is 0.573 e. The molecule has 0 fully saturated rings. The molecule has 0 radical (unpaired) electrons. The van der Waals surface area contributed by atoms with E-state index in [2.05, 4.69) is 9.72 Å². The molecule has 1 heterocycles. The standard InChI is InChI=1S/C20H12ClF3N2O2/c21-16-9-13(25)4-6-15(16)11-2-1-3-12(8-11)19-26-17-10-14(28-20(22,23)24)5-7-18(17)27-19/h1-10H,25H2. The number of nitrogens with zero attached hydrogens (tertiary/aromatic N) is 1. The first-order valence-electron chi connectivity index (χ1n) is 8.11. The molecular weight excluding hydrogens is 393 g/mol. The van der Waals surface area contributed by atoms with Crippen LogP contribution in [-0.4, -0.2) is 11.3 Å². The van der Waals surface area contributed by atoms with Gasteiger partial charge in [0.1, 0.15) is 11.3 Å². The molecule has 0 atom stereocenters. The fourth-order valence-corrected chi connectivity index (χ4v) is 3.11. The van der Waals surface area contributed by atoms with Crippen molar-refractivity contribution in [3.63, 3.8) is 0 Å². The van der Waals surface area contributed by atoms with Gasteiger partial charge in [-0.1, -0.05) is 29.8 Å². The quantitative estimate of drug-likeness (QED) is 0.407. The van der Waals surface area contributed by atoms with E-state index in [1.807, 2.05) is 24.3 Å². The van der Waals surface area contributed by atoms with Crippen molar-refractivity contribution in [3.05, 3.63) is 65.7 Å². The first-order valence-corrected chi connectivity index (χ1v) is 8.48. The minimum atomic E-state index is -4.77. The summed E-state index contributed by atoms with van der Waals surface area (Å²) >= 11 is 6.27. The normalized spacial score (nSPS) is 11.7. The van der Waals surface area contributed by atoms with Crippen molar-refractivity contribution in [2.45, 2.75) is 6.36 Å². The highest BCUT2D eigenvalue weighted by Crippen LogP contribution is 2.34. The predicted molar refractivity (Wildman–Crippen MR) is 101 cm³/mol. The van der Waals surface area contributed by atoms with Crippen molar-refractivity contribution >= 4 is 28.4 Å². The molecule has 1 aromatic heterocycles. The fraction of sp³-hybridized carbons (Fsp3) is 0.0500. The number of rotatable bonds is 3. The maximum atomic E-state index is 12.4. The van der Waals surface area contributed by atoms with Gasteiger partial charge < -0.3 is 14.9 Å². The van der Waals surface area contributed by atoms with Crippen LogP contribution in [0.1, 0.15) is 0 Å². The first kappa shape index (κ1) is 18.2. The van der Waals surface area contributed by atoms with Gasteiger partial charge in [-0.3, -0.25) is 0 Å². The minimum Gasteiger partial charge on any atom is -0.436 e. The number of ether oxygens (including phenoxy) is 1. The number of hydrogen-bond donors (Lipinski definition) is 1. The van der Waals surface area contributed by atoms with Crippen molar-refractivity contribution in [2.75, 3.05) is 5.73 Å². The third-order valence-corrected chi connectivity index (χ3v) is 4.32. The van der Waals surface area contributed by atoms with Gasteiger partial charge in [0.05, 0.1) is 5.02 Å². The summed E-state index contributed by atoms with van der Waals surface area (Å²) in [6, 6.07) is 16.2. The molecule has 0 aliphatic carbocycles. The van der Waals surface area contributed by atoms with Gasteiger partial charge in [-0.15, -0.1) is 13.2 Å². The van der Waals surface area contributed by atoms with E-state index in [0.717, 1.165) is 11.1 Å². The van der Waals surface area contributed by atoms with E-state index in [9.17, 15) is 13.2 Å². The Bertz CT molecular complexity index is 1170. The third-order valence-electron chi connectivity index (χ3n) is 4.01. The zero-order valence-electron chi connectivity index (χ0n) is 14.1. The highest BCUT2D eigenvalue weighted by Gasteiger charge is 2.31. The van der Waals surface area contributed by atoms with Crippen LogP contribution < -0.4 is 10.5 Å². The van der Waals surface area contributed by atoms with Gasteiger partial charge in [-0.25, -0.2) is 4.98 Å². The Hall–Kier alpha value is -3.19. The highest BCUT2D eigenvalue weighted by atomic mass is 35.5. The molecule has 0 aliphatic heterocycles. The topological polar surface area (TPSA) is 61.3 Å². The Balaban J connectivity index is 1.72.